The Morgan fingerprint density at radius 2 is 1.64 bits per heavy atom. The predicted octanol–water partition coefficient (Wildman–Crippen LogP) is 3.61. The van der Waals surface area contributed by atoms with E-state index in [4.69, 9.17) is 0 Å². The Balaban J connectivity index is 2.89. The largest absolute Gasteiger partial charge is 0.412 e. The van der Waals surface area contributed by atoms with E-state index in [9.17, 15) is 26.3 Å². The highest BCUT2D eigenvalue weighted by molar-refractivity contribution is 5.23. The summed E-state index contributed by atoms with van der Waals surface area (Å²) in [5, 5.41) is 0. The van der Waals surface area contributed by atoms with Gasteiger partial charge in [0.15, 0.2) is 0 Å². The highest BCUT2D eigenvalue weighted by Crippen LogP contribution is 2.37. The maximum Gasteiger partial charge on any atom is 0.412 e. The Hall–Kier alpha value is -0.940. The molecule has 1 atom stereocenters. The first-order valence-corrected chi connectivity index (χ1v) is 3.72. The van der Waals surface area contributed by atoms with E-state index in [1.807, 2.05) is 0 Å². The van der Waals surface area contributed by atoms with Gasteiger partial charge in [0.2, 0.25) is 0 Å². The second kappa shape index (κ2) is 3.33. The quantitative estimate of drug-likeness (QED) is 0.428. The summed E-state index contributed by atoms with van der Waals surface area (Å²) in [5.41, 5.74) is -1.14. The van der Waals surface area contributed by atoms with Gasteiger partial charge in [-0.05, 0) is 6.42 Å². The van der Waals surface area contributed by atoms with Crippen molar-refractivity contribution in [1.82, 2.24) is 0 Å². The molecule has 6 heteroatoms. The Kier molecular flexibility index (Phi) is 2.65. The average molecular weight is 216 g/mol. The highest BCUT2D eigenvalue weighted by Gasteiger charge is 2.41. The van der Waals surface area contributed by atoms with Crippen LogP contribution in [0.2, 0.25) is 0 Å². The monoisotopic (exact) mass is 216 g/mol. The van der Waals surface area contributed by atoms with Crippen molar-refractivity contribution < 1.29 is 26.3 Å². The van der Waals surface area contributed by atoms with Crippen molar-refractivity contribution in [3.63, 3.8) is 0 Å². The van der Waals surface area contributed by atoms with Gasteiger partial charge in [0, 0.05) is 5.57 Å². The maximum absolute atomic E-state index is 12.0. The molecular weight excluding hydrogens is 210 g/mol. The maximum atomic E-state index is 12.0. The predicted molar refractivity (Wildman–Crippen MR) is 37.4 cm³/mol. The lowest BCUT2D eigenvalue weighted by molar-refractivity contribution is -0.150. The van der Waals surface area contributed by atoms with Crippen LogP contribution in [0.25, 0.3) is 0 Å². The van der Waals surface area contributed by atoms with E-state index in [-0.39, 0.29) is 6.08 Å². The number of hydrogen-bond acceptors (Lipinski definition) is 0. The minimum atomic E-state index is -4.67. The summed E-state index contributed by atoms with van der Waals surface area (Å²) in [6.45, 7) is 0. The molecule has 0 aromatic heterocycles. The number of hydrogen-bond donors (Lipinski definition) is 0. The van der Waals surface area contributed by atoms with Gasteiger partial charge in [0.05, 0.1) is 5.92 Å². The normalized spacial score (nSPS) is 23.6. The lowest BCUT2D eigenvalue weighted by Gasteiger charge is -2.20. The van der Waals surface area contributed by atoms with Crippen molar-refractivity contribution in [3.8, 4) is 0 Å². The van der Waals surface area contributed by atoms with E-state index in [1.165, 1.54) is 0 Å². The molecule has 0 aromatic carbocycles. The Morgan fingerprint density at radius 1 is 1.07 bits per heavy atom. The molecule has 0 bridgehead atoms. The van der Waals surface area contributed by atoms with E-state index in [0.29, 0.717) is 0 Å². The molecule has 1 rings (SSSR count). The van der Waals surface area contributed by atoms with Crippen LogP contribution in [0.1, 0.15) is 6.42 Å². The first-order chi connectivity index (χ1) is 6.21. The molecular formula is C8H6F6. The van der Waals surface area contributed by atoms with Crippen LogP contribution in [-0.2, 0) is 0 Å². The smallest absolute Gasteiger partial charge is 0.170 e. The van der Waals surface area contributed by atoms with Crippen LogP contribution in [-0.4, -0.2) is 12.4 Å². The van der Waals surface area contributed by atoms with E-state index in [1.54, 1.807) is 0 Å². The van der Waals surface area contributed by atoms with Gasteiger partial charge in [0.1, 0.15) is 0 Å². The molecule has 0 saturated heterocycles. The fraction of sp³-hybridized carbons (Fsp3) is 0.500. The second-order valence-corrected chi connectivity index (χ2v) is 2.89. The van der Waals surface area contributed by atoms with E-state index in [0.717, 1.165) is 12.2 Å². The average Bonchev–Trinajstić information content (AvgIpc) is 2.01. The summed E-state index contributed by atoms with van der Waals surface area (Å²) in [7, 11) is 0. The van der Waals surface area contributed by atoms with Gasteiger partial charge < -0.3 is 0 Å². The molecule has 0 saturated carbocycles. The van der Waals surface area contributed by atoms with Crippen LogP contribution < -0.4 is 0 Å². The van der Waals surface area contributed by atoms with Crippen LogP contribution in [0, 0.1) is 5.92 Å². The number of allylic oxidation sites excluding steroid dienone is 4. The fourth-order valence-corrected chi connectivity index (χ4v) is 1.10. The van der Waals surface area contributed by atoms with Crippen LogP contribution >= 0.6 is 0 Å². The molecule has 1 aliphatic carbocycles. The molecule has 0 heterocycles. The zero-order valence-electron chi connectivity index (χ0n) is 6.78. The van der Waals surface area contributed by atoms with Gasteiger partial charge in [0.25, 0.3) is 0 Å². The zero-order chi connectivity index (χ0) is 11.0. The molecule has 80 valence electrons. The van der Waals surface area contributed by atoms with Crippen molar-refractivity contribution >= 4 is 0 Å². The molecule has 0 nitrogen and oxygen atoms in total. The molecule has 1 unspecified atom stereocenters. The molecule has 0 spiro atoms. The Bertz CT molecular complexity index is 267. The number of halogens is 6. The molecule has 0 radical (unpaired) electrons. The third-order valence-corrected chi connectivity index (χ3v) is 1.80. The Labute approximate surface area is 75.9 Å². The first kappa shape index (κ1) is 11.1. The van der Waals surface area contributed by atoms with Gasteiger partial charge in [-0.15, -0.1) is 0 Å². The summed E-state index contributed by atoms with van der Waals surface area (Å²) in [4.78, 5) is 0. The second-order valence-electron chi connectivity index (χ2n) is 2.89. The van der Waals surface area contributed by atoms with Crippen molar-refractivity contribution in [2.75, 3.05) is 0 Å². The third kappa shape index (κ3) is 2.52. The third-order valence-electron chi connectivity index (χ3n) is 1.80. The zero-order valence-corrected chi connectivity index (χ0v) is 6.78. The Morgan fingerprint density at radius 3 is 2.07 bits per heavy atom. The van der Waals surface area contributed by atoms with Crippen LogP contribution in [0.4, 0.5) is 26.3 Å². The van der Waals surface area contributed by atoms with Crippen LogP contribution in [0.5, 0.6) is 0 Å². The number of alkyl halides is 6. The summed E-state index contributed by atoms with van der Waals surface area (Å²) in [5.74, 6) is -2.12. The van der Waals surface area contributed by atoms with Gasteiger partial charge in [-0.2, -0.15) is 26.3 Å². The van der Waals surface area contributed by atoms with Gasteiger partial charge in [-0.3, -0.25) is 0 Å². The van der Waals surface area contributed by atoms with Gasteiger partial charge in [-0.1, -0.05) is 18.2 Å². The topological polar surface area (TPSA) is 0 Å². The highest BCUT2D eigenvalue weighted by atomic mass is 19.4. The van der Waals surface area contributed by atoms with Crippen molar-refractivity contribution in [2.45, 2.75) is 18.8 Å². The molecule has 0 amide bonds. The molecule has 0 aliphatic heterocycles. The summed E-state index contributed by atoms with van der Waals surface area (Å²) in [6.07, 6.45) is -7.96. The molecule has 0 aromatic rings. The van der Waals surface area contributed by atoms with Crippen LogP contribution in [0.15, 0.2) is 23.8 Å². The lowest BCUT2D eigenvalue weighted by atomic mass is 9.96. The SMILES string of the molecule is FC(F)(F)C1=CC(C(F)(F)F)C=CC1. The fourth-order valence-electron chi connectivity index (χ4n) is 1.10. The number of rotatable bonds is 0. The summed E-state index contributed by atoms with van der Waals surface area (Å²) in [6, 6.07) is 0. The van der Waals surface area contributed by atoms with E-state index >= 15 is 0 Å². The standard InChI is InChI=1S/C8H6F6/c9-7(10,11)5-2-1-3-6(4-5)8(12,13)14/h1-2,4-5H,3H2. The first-order valence-electron chi connectivity index (χ1n) is 3.72. The van der Waals surface area contributed by atoms with Crippen molar-refractivity contribution in [2.24, 2.45) is 5.92 Å². The van der Waals surface area contributed by atoms with E-state index in [2.05, 4.69) is 0 Å². The van der Waals surface area contributed by atoms with E-state index < -0.39 is 30.3 Å². The van der Waals surface area contributed by atoms with Gasteiger partial charge >= 0.3 is 12.4 Å². The molecule has 0 N–H and O–H groups in total. The minimum Gasteiger partial charge on any atom is -0.170 e. The molecule has 14 heavy (non-hydrogen) atoms. The molecule has 0 fully saturated rings. The molecule has 1 aliphatic rings. The summed E-state index contributed by atoms with van der Waals surface area (Å²) < 4.78 is 72.2. The van der Waals surface area contributed by atoms with Gasteiger partial charge in [-0.25, -0.2) is 0 Å². The van der Waals surface area contributed by atoms with Crippen LogP contribution in [0.3, 0.4) is 0 Å². The minimum absolute atomic E-state index is 0.222. The van der Waals surface area contributed by atoms with Crippen molar-refractivity contribution in [1.29, 1.82) is 0 Å². The lowest BCUT2D eigenvalue weighted by Crippen LogP contribution is -2.24. The van der Waals surface area contributed by atoms with Crippen molar-refractivity contribution in [3.05, 3.63) is 23.8 Å². The summed E-state index contributed by atoms with van der Waals surface area (Å²) >= 11 is 0.